The molecular formula is C22H26N6O5S. The molecule has 3 aliphatic rings. The van der Waals surface area contributed by atoms with Crippen LogP contribution in [0.15, 0.2) is 41.6 Å². The maximum Gasteiger partial charge on any atom is 0.243 e. The summed E-state index contributed by atoms with van der Waals surface area (Å²) < 4.78 is 33.2. The highest BCUT2D eigenvalue weighted by atomic mass is 32.2. The Morgan fingerprint density at radius 2 is 1.32 bits per heavy atom. The molecule has 0 bridgehead atoms. The van der Waals surface area contributed by atoms with Crippen LogP contribution in [0.3, 0.4) is 0 Å². The zero-order chi connectivity index (χ0) is 23.7. The van der Waals surface area contributed by atoms with Gasteiger partial charge in [-0.15, -0.1) is 0 Å². The molecule has 1 aromatic carbocycles. The number of aromatic nitrogens is 2. The molecule has 0 N–H and O–H groups in total. The first-order chi connectivity index (χ1) is 16.4. The van der Waals surface area contributed by atoms with E-state index < -0.39 is 10.0 Å². The Bertz CT molecular complexity index is 1160. The summed E-state index contributed by atoms with van der Waals surface area (Å²) in [6.45, 7) is 4.56. The molecule has 0 radical (unpaired) electrons. The van der Waals surface area contributed by atoms with Crippen LogP contribution in [0.25, 0.3) is 0 Å². The Kier molecular flexibility index (Phi) is 6.19. The summed E-state index contributed by atoms with van der Waals surface area (Å²) in [5.41, 5.74) is 0.399. The average molecular weight is 487 g/mol. The van der Waals surface area contributed by atoms with Crippen molar-refractivity contribution >= 4 is 39.2 Å². The molecule has 3 fully saturated rings. The van der Waals surface area contributed by atoms with E-state index in [1.807, 2.05) is 6.07 Å². The van der Waals surface area contributed by atoms with Crippen molar-refractivity contribution in [3.8, 4) is 0 Å². The number of ether oxygens (including phenoxy) is 1. The second-order valence-electron chi connectivity index (χ2n) is 8.34. The highest BCUT2D eigenvalue weighted by molar-refractivity contribution is 7.89. The molecule has 0 unspecified atom stereocenters. The first-order valence-corrected chi connectivity index (χ1v) is 12.7. The normalized spacial score (nSPS) is 20.3. The summed E-state index contributed by atoms with van der Waals surface area (Å²) in [4.78, 5) is 38.1. The molecule has 2 amide bonds. The van der Waals surface area contributed by atoms with Crippen molar-refractivity contribution < 1.29 is 22.7 Å². The molecule has 34 heavy (non-hydrogen) atoms. The predicted molar refractivity (Wildman–Crippen MR) is 124 cm³/mol. The van der Waals surface area contributed by atoms with Crippen LogP contribution in [-0.2, 0) is 24.3 Å². The van der Waals surface area contributed by atoms with Crippen LogP contribution >= 0.6 is 0 Å². The molecule has 2 aromatic rings. The van der Waals surface area contributed by atoms with E-state index in [9.17, 15) is 18.0 Å². The average Bonchev–Trinajstić information content (AvgIpc) is 3.22. The molecule has 0 atom stereocenters. The van der Waals surface area contributed by atoms with Crippen molar-refractivity contribution in [2.24, 2.45) is 0 Å². The van der Waals surface area contributed by atoms with E-state index in [1.165, 1.54) is 28.6 Å². The number of carbonyl (C=O) groups excluding carboxylic acids is 2. The van der Waals surface area contributed by atoms with Gasteiger partial charge in [-0.05, 0) is 24.3 Å². The zero-order valence-electron chi connectivity index (χ0n) is 18.7. The summed E-state index contributed by atoms with van der Waals surface area (Å²) in [6.07, 6.45) is 1.91. The number of imide groups is 1. The third-order valence-electron chi connectivity index (χ3n) is 6.32. The van der Waals surface area contributed by atoms with E-state index in [-0.39, 0.29) is 29.6 Å². The molecule has 1 aromatic heterocycles. The minimum absolute atomic E-state index is 0.139. The third kappa shape index (κ3) is 4.36. The van der Waals surface area contributed by atoms with Crippen molar-refractivity contribution in [1.29, 1.82) is 0 Å². The number of amides is 2. The highest BCUT2D eigenvalue weighted by Gasteiger charge is 2.32. The molecule has 12 heteroatoms. The van der Waals surface area contributed by atoms with E-state index in [1.54, 1.807) is 6.33 Å². The SMILES string of the molecule is O=C1CCC(=O)N1c1ccc(S(=O)(=O)N2CCN(c3cc(N4CCOCC4)ncn3)CC2)cc1. The largest absolute Gasteiger partial charge is 0.378 e. The van der Waals surface area contributed by atoms with Gasteiger partial charge in [0, 0.05) is 58.2 Å². The number of hydrogen-bond acceptors (Lipinski definition) is 9. The summed E-state index contributed by atoms with van der Waals surface area (Å²) in [7, 11) is -3.70. The van der Waals surface area contributed by atoms with Crippen LogP contribution in [0, 0.1) is 0 Å². The standard InChI is InChI=1S/C22H26N6O5S/c29-21-5-6-22(30)28(21)17-1-3-18(4-2-17)34(31,32)27-9-7-25(8-10-27)19-15-20(24-16-23-19)26-11-13-33-14-12-26/h1-4,15-16H,5-14H2. The van der Waals surface area contributed by atoms with Gasteiger partial charge in [0.2, 0.25) is 21.8 Å². The lowest BCUT2D eigenvalue weighted by atomic mass is 10.3. The minimum Gasteiger partial charge on any atom is -0.378 e. The number of anilines is 3. The van der Waals surface area contributed by atoms with Gasteiger partial charge in [-0.2, -0.15) is 4.31 Å². The second kappa shape index (κ2) is 9.28. The number of piperazine rings is 1. The summed E-state index contributed by atoms with van der Waals surface area (Å²) in [5.74, 6) is 1.09. The second-order valence-corrected chi connectivity index (χ2v) is 10.3. The number of carbonyl (C=O) groups is 2. The molecule has 11 nitrogen and oxygen atoms in total. The maximum atomic E-state index is 13.2. The fraction of sp³-hybridized carbons (Fsp3) is 0.455. The van der Waals surface area contributed by atoms with Gasteiger partial charge in [0.05, 0.1) is 23.8 Å². The van der Waals surface area contributed by atoms with E-state index in [0.29, 0.717) is 45.1 Å². The Morgan fingerprint density at radius 1 is 0.765 bits per heavy atom. The molecule has 3 aliphatic heterocycles. The van der Waals surface area contributed by atoms with Gasteiger partial charge in [-0.25, -0.2) is 18.4 Å². The van der Waals surface area contributed by atoms with Gasteiger partial charge in [-0.3, -0.25) is 14.5 Å². The topological polar surface area (TPSA) is 116 Å². The van der Waals surface area contributed by atoms with Gasteiger partial charge >= 0.3 is 0 Å². The van der Waals surface area contributed by atoms with E-state index >= 15 is 0 Å². The Hall–Kier alpha value is -3.09. The van der Waals surface area contributed by atoms with Gasteiger partial charge < -0.3 is 14.5 Å². The van der Waals surface area contributed by atoms with Crippen molar-refractivity contribution in [2.45, 2.75) is 17.7 Å². The quantitative estimate of drug-likeness (QED) is 0.556. The number of morpholine rings is 1. The van der Waals surface area contributed by atoms with Crippen LogP contribution in [-0.4, -0.2) is 87.0 Å². The van der Waals surface area contributed by atoms with Crippen LogP contribution < -0.4 is 14.7 Å². The first kappa shape index (κ1) is 22.7. The van der Waals surface area contributed by atoms with Crippen LogP contribution in [0.1, 0.15) is 12.8 Å². The molecule has 180 valence electrons. The van der Waals surface area contributed by atoms with E-state index in [0.717, 1.165) is 29.6 Å². The van der Waals surface area contributed by atoms with Crippen molar-refractivity contribution in [1.82, 2.24) is 14.3 Å². The highest BCUT2D eigenvalue weighted by Crippen LogP contribution is 2.26. The fourth-order valence-electron chi connectivity index (χ4n) is 4.41. The molecule has 0 spiro atoms. The Labute approximate surface area is 198 Å². The van der Waals surface area contributed by atoms with Gasteiger partial charge in [0.25, 0.3) is 0 Å². The summed E-state index contributed by atoms with van der Waals surface area (Å²) in [6, 6.07) is 7.87. The number of hydrogen-bond donors (Lipinski definition) is 0. The molecule has 0 saturated carbocycles. The molecule has 3 saturated heterocycles. The van der Waals surface area contributed by atoms with Crippen molar-refractivity contribution in [3.63, 3.8) is 0 Å². The molecular weight excluding hydrogens is 460 g/mol. The van der Waals surface area contributed by atoms with Gasteiger partial charge in [0.1, 0.15) is 18.0 Å². The van der Waals surface area contributed by atoms with E-state index in [2.05, 4.69) is 19.8 Å². The Balaban J connectivity index is 1.24. The molecule has 0 aliphatic carbocycles. The number of sulfonamides is 1. The van der Waals surface area contributed by atoms with Crippen molar-refractivity contribution in [2.75, 3.05) is 67.2 Å². The summed E-state index contributed by atoms with van der Waals surface area (Å²) >= 11 is 0. The maximum absolute atomic E-state index is 13.2. The monoisotopic (exact) mass is 486 g/mol. The van der Waals surface area contributed by atoms with Gasteiger partial charge in [0.15, 0.2) is 0 Å². The zero-order valence-corrected chi connectivity index (χ0v) is 19.5. The van der Waals surface area contributed by atoms with Crippen LogP contribution in [0.2, 0.25) is 0 Å². The van der Waals surface area contributed by atoms with Gasteiger partial charge in [-0.1, -0.05) is 0 Å². The smallest absolute Gasteiger partial charge is 0.243 e. The Morgan fingerprint density at radius 3 is 1.91 bits per heavy atom. The first-order valence-electron chi connectivity index (χ1n) is 11.3. The third-order valence-corrected chi connectivity index (χ3v) is 8.23. The van der Waals surface area contributed by atoms with Crippen molar-refractivity contribution in [3.05, 3.63) is 36.7 Å². The molecule has 5 rings (SSSR count). The summed E-state index contributed by atoms with van der Waals surface area (Å²) in [5, 5.41) is 0. The number of nitrogens with zero attached hydrogens (tertiary/aromatic N) is 6. The lowest BCUT2D eigenvalue weighted by Gasteiger charge is -2.35. The predicted octanol–water partition coefficient (Wildman–Crippen LogP) is 0.478. The fourth-order valence-corrected chi connectivity index (χ4v) is 5.84. The lowest BCUT2D eigenvalue weighted by Crippen LogP contribution is -2.49. The minimum atomic E-state index is -3.70. The number of rotatable bonds is 5. The number of benzene rings is 1. The van der Waals surface area contributed by atoms with E-state index in [4.69, 9.17) is 4.74 Å². The van der Waals surface area contributed by atoms with Crippen LogP contribution in [0.4, 0.5) is 17.3 Å². The van der Waals surface area contributed by atoms with Crippen LogP contribution in [0.5, 0.6) is 0 Å². The lowest BCUT2D eigenvalue weighted by molar-refractivity contribution is -0.121. The molecule has 4 heterocycles.